The van der Waals surface area contributed by atoms with Crippen LogP contribution < -0.4 is 5.32 Å². The van der Waals surface area contributed by atoms with Crippen LogP contribution in [0.5, 0.6) is 0 Å². The van der Waals surface area contributed by atoms with Crippen molar-refractivity contribution >= 4 is 21.8 Å². The quantitative estimate of drug-likeness (QED) is 0.731. The third kappa shape index (κ3) is 3.13. The molecular weight excluding hydrogens is 400 g/mol. The van der Waals surface area contributed by atoms with E-state index in [4.69, 9.17) is 0 Å². The van der Waals surface area contributed by atoms with Crippen molar-refractivity contribution in [3.63, 3.8) is 0 Å². The molecule has 1 amide bonds. The van der Waals surface area contributed by atoms with Crippen LogP contribution in [0, 0.1) is 13.8 Å². The first-order valence-corrected chi connectivity index (χ1v) is 10.6. The normalized spacial score (nSPS) is 25.6. The number of rotatable bonds is 4. The summed E-state index contributed by atoms with van der Waals surface area (Å²) in [7, 11) is 2.24. The number of nitrogens with one attached hydrogen (secondary N) is 1. The molecular formula is C23H27BrN2O. The lowest BCUT2D eigenvalue weighted by atomic mass is 9.78. The number of carbonyl (C=O) groups excluding carboxylic acids is 1. The molecule has 0 radical (unpaired) electrons. The Labute approximate surface area is 170 Å². The molecule has 2 heterocycles. The Morgan fingerprint density at radius 1 is 1.15 bits per heavy atom. The highest BCUT2D eigenvalue weighted by Crippen LogP contribution is 2.52. The van der Waals surface area contributed by atoms with Crippen molar-refractivity contribution < 1.29 is 4.79 Å². The van der Waals surface area contributed by atoms with E-state index in [0.717, 1.165) is 34.0 Å². The minimum Gasteiger partial charge on any atom is -0.343 e. The molecule has 3 nitrogen and oxygen atoms in total. The lowest BCUT2D eigenvalue weighted by Crippen LogP contribution is -2.51. The monoisotopic (exact) mass is 426 g/mol. The van der Waals surface area contributed by atoms with Gasteiger partial charge in [0.2, 0.25) is 0 Å². The summed E-state index contributed by atoms with van der Waals surface area (Å²) in [6, 6.07) is 15.1. The van der Waals surface area contributed by atoms with Crippen LogP contribution in [0.1, 0.15) is 58.8 Å². The van der Waals surface area contributed by atoms with Gasteiger partial charge >= 0.3 is 0 Å². The summed E-state index contributed by atoms with van der Waals surface area (Å²) in [5, 5.41) is 3.45. The molecule has 2 saturated heterocycles. The zero-order valence-electron chi connectivity index (χ0n) is 16.3. The van der Waals surface area contributed by atoms with Crippen molar-refractivity contribution in [2.75, 3.05) is 7.05 Å². The molecule has 2 bridgehead atoms. The van der Waals surface area contributed by atoms with Crippen LogP contribution in [0.25, 0.3) is 0 Å². The van der Waals surface area contributed by atoms with E-state index in [1.807, 2.05) is 38.1 Å². The maximum absolute atomic E-state index is 13.3. The molecule has 0 saturated carbocycles. The smallest absolute Gasteiger partial charge is 0.252 e. The predicted octanol–water partition coefficient (Wildman–Crippen LogP) is 5.16. The van der Waals surface area contributed by atoms with Gasteiger partial charge in [-0.25, -0.2) is 0 Å². The molecule has 2 aliphatic rings. The average Bonchev–Trinajstić information content (AvgIpc) is 3.12. The number of hydrogen-bond donors (Lipinski definition) is 1. The number of benzene rings is 2. The fraction of sp³-hybridized carbons (Fsp3) is 0.435. The molecule has 2 aliphatic heterocycles. The third-order valence-electron chi connectivity index (χ3n) is 6.77. The molecule has 2 aromatic carbocycles. The van der Waals surface area contributed by atoms with E-state index < -0.39 is 0 Å². The van der Waals surface area contributed by atoms with E-state index in [1.54, 1.807) is 0 Å². The van der Waals surface area contributed by atoms with Gasteiger partial charge in [0, 0.05) is 21.6 Å². The van der Waals surface area contributed by atoms with Crippen molar-refractivity contribution in [2.24, 2.45) is 0 Å². The Kier molecular flexibility index (Phi) is 4.89. The number of likely N-dealkylation sites (N-methyl/N-ethyl adjacent to an activating group) is 1. The number of nitrogens with zero attached hydrogens (tertiary/aromatic N) is 1. The Morgan fingerprint density at radius 2 is 1.78 bits per heavy atom. The zero-order chi connectivity index (χ0) is 19.2. The molecule has 4 rings (SSSR count). The Balaban J connectivity index is 1.74. The molecule has 142 valence electrons. The molecule has 0 spiro atoms. The molecule has 0 aliphatic carbocycles. The zero-order valence-corrected chi connectivity index (χ0v) is 17.8. The summed E-state index contributed by atoms with van der Waals surface area (Å²) < 4.78 is 1.05. The van der Waals surface area contributed by atoms with E-state index in [2.05, 4.69) is 51.4 Å². The van der Waals surface area contributed by atoms with Crippen LogP contribution in [-0.2, 0) is 0 Å². The van der Waals surface area contributed by atoms with Gasteiger partial charge in [0.25, 0.3) is 5.91 Å². The Morgan fingerprint density at radius 3 is 2.33 bits per heavy atom. The second-order valence-electron chi connectivity index (χ2n) is 8.17. The van der Waals surface area contributed by atoms with E-state index in [-0.39, 0.29) is 17.5 Å². The molecule has 4 heteroatoms. The fourth-order valence-electron chi connectivity index (χ4n) is 5.29. The van der Waals surface area contributed by atoms with Crippen molar-refractivity contribution in [3.8, 4) is 0 Å². The van der Waals surface area contributed by atoms with Crippen molar-refractivity contribution in [1.29, 1.82) is 0 Å². The van der Waals surface area contributed by atoms with E-state index >= 15 is 0 Å². The summed E-state index contributed by atoms with van der Waals surface area (Å²) >= 11 is 3.61. The Bertz CT molecular complexity index is 850. The lowest BCUT2D eigenvalue weighted by molar-refractivity contribution is 0.0836. The summed E-state index contributed by atoms with van der Waals surface area (Å²) in [5.41, 5.74) is 4.06. The SMILES string of the molecule is Cc1cccc(C)c1C(=O)NC(c1cccc(Br)c1)C12CCC(CC1)N2C. The number of halogens is 1. The topological polar surface area (TPSA) is 32.3 Å². The minimum atomic E-state index is -0.0148. The summed E-state index contributed by atoms with van der Waals surface area (Å²) in [6.07, 6.45) is 4.72. The number of amides is 1. The van der Waals surface area contributed by atoms with Crippen LogP contribution in [-0.4, -0.2) is 29.4 Å². The standard InChI is InChI=1S/C23H27BrN2O/c1-15-6-4-7-16(2)20(15)22(27)25-21(17-8-5-9-18(24)14-17)23-12-10-19(11-13-23)26(23)3/h4-9,14,19,21H,10-13H2,1-3H3,(H,25,27). The van der Waals surface area contributed by atoms with E-state index in [0.29, 0.717) is 6.04 Å². The third-order valence-corrected chi connectivity index (χ3v) is 7.27. The maximum Gasteiger partial charge on any atom is 0.252 e. The van der Waals surface area contributed by atoms with Gasteiger partial charge in [-0.15, -0.1) is 0 Å². The molecule has 2 fully saturated rings. The number of hydrogen-bond acceptors (Lipinski definition) is 2. The van der Waals surface area contributed by atoms with Gasteiger partial charge in [-0.3, -0.25) is 9.69 Å². The van der Waals surface area contributed by atoms with Gasteiger partial charge < -0.3 is 5.32 Å². The van der Waals surface area contributed by atoms with Crippen LogP contribution in [0.2, 0.25) is 0 Å². The largest absolute Gasteiger partial charge is 0.343 e. The van der Waals surface area contributed by atoms with Crippen LogP contribution >= 0.6 is 15.9 Å². The highest BCUT2D eigenvalue weighted by atomic mass is 79.9. The average molecular weight is 427 g/mol. The fourth-order valence-corrected chi connectivity index (χ4v) is 5.71. The summed E-state index contributed by atoms with van der Waals surface area (Å²) in [5.74, 6) is 0.0358. The number of aryl methyl sites for hydroxylation is 2. The van der Waals surface area contributed by atoms with Crippen LogP contribution in [0.15, 0.2) is 46.9 Å². The van der Waals surface area contributed by atoms with Gasteiger partial charge in [-0.05, 0) is 75.4 Å². The first kappa shape index (κ1) is 18.7. The molecule has 27 heavy (non-hydrogen) atoms. The highest BCUT2D eigenvalue weighted by Gasteiger charge is 2.54. The van der Waals surface area contributed by atoms with E-state index in [1.165, 1.54) is 18.4 Å². The summed E-state index contributed by atoms with van der Waals surface area (Å²) in [6.45, 7) is 4.03. The molecule has 2 aromatic rings. The molecule has 0 aromatic heterocycles. The predicted molar refractivity (Wildman–Crippen MR) is 113 cm³/mol. The van der Waals surface area contributed by atoms with Gasteiger partial charge in [-0.1, -0.05) is 46.3 Å². The molecule has 1 unspecified atom stereocenters. The van der Waals surface area contributed by atoms with Crippen molar-refractivity contribution in [3.05, 3.63) is 69.2 Å². The van der Waals surface area contributed by atoms with E-state index in [9.17, 15) is 4.79 Å². The Hall–Kier alpha value is -1.65. The first-order chi connectivity index (χ1) is 12.9. The molecule has 1 atom stereocenters. The van der Waals surface area contributed by atoms with Gasteiger partial charge in [0.05, 0.1) is 6.04 Å². The maximum atomic E-state index is 13.3. The number of carbonyl (C=O) groups is 1. The first-order valence-electron chi connectivity index (χ1n) is 9.78. The van der Waals surface area contributed by atoms with Crippen LogP contribution in [0.4, 0.5) is 0 Å². The van der Waals surface area contributed by atoms with Gasteiger partial charge in [0.1, 0.15) is 0 Å². The van der Waals surface area contributed by atoms with Crippen LogP contribution in [0.3, 0.4) is 0 Å². The van der Waals surface area contributed by atoms with Gasteiger partial charge in [0.15, 0.2) is 0 Å². The summed E-state index contributed by atoms with van der Waals surface area (Å²) in [4.78, 5) is 15.9. The lowest BCUT2D eigenvalue weighted by Gasteiger charge is -2.41. The van der Waals surface area contributed by atoms with Crippen molar-refractivity contribution in [1.82, 2.24) is 10.2 Å². The van der Waals surface area contributed by atoms with Crippen molar-refractivity contribution in [2.45, 2.75) is 57.2 Å². The second kappa shape index (κ2) is 7.06. The minimum absolute atomic E-state index is 0.0116. The molecule has 1 N–H and O–H groups in total. The number of fused-ring (bicyclic) bond motifs is 2. The van der Waals surface area contributed by atoms with Gasteiger partial charge in [-0.2, -0.15) is 0 Å². The highest BCUT2D eigenvalue weighted by molar-refractivity contribution is 9.10. The second-order valence-corrected chi connectivity index (χ2v) is 9.09.